The van der Waals surface area contributed by atoms with E-state index in [4.69, 9.17) is 4.74 Å². The number of aromatic nitrogens is 3. The molecular formula is C26H27N5O3S. The van der Waals surface area contributed by atoms with Crippen LogP contribution in [-0.4, -0.2) is 46.3 Å². The molecule has 3 N–H and O–H groups in total. The highest BCUT2D eigenvalue weighted by molar-refractivity contribution is 7.12. The van der Waals surface area contributed by atoms with Gasteiger partial charge in [0.1, 0.15) is 0 Å². The molecular weight excluding hydrogens is 462 g/mol. The number of benzene rings is 1. The van der Waals surface area contributed by atoms with E-state index in [9.17, 15) is 9.59 Å². The van der Waals surface area contributed by atoms with Gasteiger partial charge in [0.25, 0.3) is 11.8 Å². The van der Waals surface area contributed by atoms with Gasteiger partial charge >= 0.3 is 0 Å². The van der Waals surface area contributed by atoms with Gasteiger partial charge < -0.3 is 15.4 Å². The van der Waals surface area contributed by atoms with E-state index < -0.39 is 0 Å². The highest BCUT2D eigenvalue weighted by Gasteiger charge is 2.19. The van der Waals surface area contributed by atoms with Crippen molar-refractivity contribution in [1.29, 1.82) is 0 Å². The van der Waals surface area contributed by atoms with Gasteiger partial charge in [0.05, 0.1) is 28.3 Å². The number of hydrogen-bond donors (Lipinski definition) is 3. The molecule has 5 rings (SSSR count). The van der Waals surface area contributed by atoms with Crippen LogP contribution in [0.1, 0.15) is 58.0 Å². The maximum Gasteiger partial charge on any atom is 0.261 e. The summed E-state index contributed by atoms with van der Waals surface area (Å²) in [4.78, 5) is 30.8. The summed E-state index contributed by atoms with van der Waals surface area (Å²) in [5, 5.41) is 15.9. The largest absolute Gasteiger partial charge is 0.381 e. The zero-order valence-corrected chi connectivity index (χ0v) is 20.2. The lowest BCUT2D eigenvalue weighted by Gasteiger charge is -2.22. The summed E-state index contributed by atoms with van der Waals surface area (Å²) in [6.07, 6.45) is 5.91. The average molecular weight is 490 g/mol. The Morgan fingerprint density at radius 1 is 1.11 bits per heavy atom. The minimum absolute atomic E-state index is 0.0416. The van der Waals surface area contributed by atoms with E-state index in [1.165, 1.54) is 11.3 Å². The number of thiophene rings is 1. The molecule has 4 aromatic rings. The second kappa shape index (κ2) is 10.4. The predicted octanol–water partition coefficient (Wildman–Crippen LogP) is 4.48. The topological polar surface area (TPSA) is 109 Å². The number of nitrogens with zero attached hydrogens (tertiary/aromatic N) is 2. The van der Waals surface area contributed by atoms with Crippen molar-refractivity contribution in [2.45, 2.75) is 38.3 Å². The normalized spacial score (nSPS) is 15.1. The highest BCUT2D eigenvalue weighted by atomic mass is 32.1. The van der Waals surface area contributed by atoms with Crippen molar-refractivity contribution in [3.63, 3.8) is 0 Å². The summed E-state index contributed by atoms with van der Waals surface area (Å²) in [5.41, 5.74) is 4.15. The summed E-state index contributed by atoms with van der Waals surface area (Å²) in [6.45, 7) is 3.40. The van der Waals surface area contributed by atoms with Crippen molar-refractivity contribution >= 4 is 34.1 Å². The van der Waals surface area contributed by atoms with Crippen molar-refractivity contribution < 1.29 is 14.3 Å². The van der Waals surface area contributed by atoms with Crippen LogP contribution in [0.15, 0.2) is 54.2 Å². The monoisotopic (exact) mass is 489 g/mol. The Bertz CT molecular complexity index is 1320. The van der Waals surface area contributed by atoms with Gasteiger partial charge in [-0.1, -0.05) is 13.0 Å². The standard InChI is InChI=1S/C26H27N5O3S/c1-2-21(30-25(32)16-3-5-22-18(11-16)14-28-31-22)23-6-4-17(13-27-23)19-12-24(35-15-19)26(33)29-20-7-9-34-10-8-20/h3-6,11-15,20-21H,2,7-10H2,1H3,(H,28,31)(H,29,33)(H,30,32). The fraction of sp³-hybridized carbons (Fsp3) is 0.308. The Balaban J connectivity index is 1.24. The molecule has 1 atom stereocenters. The number of aromatic amines is 1. The number of H-pyrrole nitrogens is 1. The molecule has 2 amide bonds. The summed E-state index contributed by atoms with van der Waals surface area (Å²) >= 11 is 1.43. The molecule has 35 heavy (non-hydrogen) atoms. The molecule has 0 bridgehead atoms. The summed E-state index contributed by atoms with van der Waals surface area (Å²) in [5.74, 6) is -0.191. The lowest BCUT2D eigenvalue weighted by Crippen LogP contribution is -2.38. The van der Waals surface area contributed by atoms with Gasteiger partial charge in [-0.15, -0.1) is 11.3 Å². The van der Waals surface area contributed by atoms with E-state index in [0.29, 0.717) is 30.1 Å². The third kappa shape index (κ3) is 5.26. The molecule has 1 aliphatic rings. The lowest BCUT2D eigenvalue weighted by atomic mass is 10.1. The van der Waals surface area contributed by atoms with E-state index in [-0.39, 0.29) is 23.9 Å². The van der Waals surface area contributed by atoms with Crippen molar-refractivity contribution in [3.05, 3.63) is 70.3 Å². The Morgan fingerprint density at radius 2 is 1.97 bits per heavy atom. The molecule has 1 aliphatic heterocycles. The van der Waals surface area contributed by atoms with Crippen molar-refractivity contribution in [1.82, 2.24) is 25.8 Å². The zero-order valence-electron chi connectivity index (χ0n) is 19.4. The quantitative estimate of drug-likeness (QED) is 0.355. The molecule has 1 unspecified atom stereocenters. The SMILES string of the molecule is CCC(NC(=O)c1ccc2[nH]ncc2c1)c1ccc(-c2csc(C(=O)NC3CCOCC3)c2)cn1. The van der Waals surface area contributed by atoms with E-state index in [2.05, 4.69) is 25.8 Å². The van der Waals surface area contributed by atoms with Crippen LogP contribution in [0.25, 0.3) is 22.0 Å². The fourth-order valence-corrected chi connectivity index (χ4v) is 5.02. The fourth-order valence-electron chi connectivity index (χ4n) is 4.20. The molecule has 9 heteroatoms. The van der Waals surface area contributed by atoms with Crippen LogP contribution in [0.2, 0.25) is 0 Å². The van der Waals surface area contributed by atoms with Gasteiger partial charge in [-0.2, -0.15) is 5.10 Å². The Labute approximate surface area is 207 Å². The molecule has 3 aromatic heterocycles. The maximum absolute atomic E-state index is 12.8. The van der Waals surface area contributed by atoms with E-state index in [0.717, 1.165) is 40.6 Å². The van der Waals surface area contributed by atoms with Gasteiger partial charge in [0, 0.05) is 42.0 Å². The maximum atomic E-state index is 12.8. The molecule has 0 aliphatic carbocycles. The van der Waals surface area contributed by atoms with E-state index in [1.807, 2.05) is 42.6 Å². The average Bonchev–Trinajstić information content (AvgIpc) is 3.57. The van der Waals surface area contributed by atoms with Crippen LogP contribution in [0.3, 0.4) is 0 Å². The molecule has 0 spiro atoms. The first-order chi connectivity index (χ1) is 17.1. The smallest absolute Gasteiger partial charge is 0.261 e. The van der Waals surface area contributed by atoms with Crippen LogP contribution >= 0.6 is 11.3 Å². The number of carbonyl (C=O) groups excluding carboxylic acids is 2. The Hall–Kier alpha value is -3.56. The Morgan fingerprint density at radius 3 is 2.74 bits per heavy atom. The minimum atomic E-state index is -0.208. The minimum Gasteiger partial charge on any atom is -0.381 e. The highest BCUT2D eigenvalue weighted by Crippen LogP contribution is 2.27. The summed E-state index contributed by atoms with van der Waals surface area (Å²) in [7, 11) is 0. The van der Waals surface area contributed by atoms with Crippen molar-refractivity contribution in [3.8, 4) is 11.1 Å². The number of hydrogen-bond acceptors (Lipinski definition) is 6. The van der Waals surface area contributed by atoms with Gasteiger partial charge in [-0.05, 0) is 60.5 Å². The first-order valence-electron chi connectivity index (χ1n) is 11.8. The number of amides is 2. The molecule has 4 heterocycles. The Kier molecular flexibility index (Phi) is 6.87. The van der Waals surface area contributed by atoms with Crippen LogP contribution in [-0.2, 0) is 4.74 Å². The molecule has 180 valence electrons. The van der Waals surface area contributed by atoms with E-state index in [1.54, 1.807) is 18.5 Å². The molecule has 1 fully saturated rings. The second-order valence-corrected chi connectivity index (χ2v) is 9.55. The zero-order chi connectivity index (χ0) is 24.2. The summed E-state index contributed by atoms with van der Waals surface area (Å²) < 4.78 is 5.36. The van der Waals surface area contributed by atoms with Gasteiger partial charge in [0.2, 0.25) is 0 Å². The molecule has 1 aromatic carbocycles. The number of nitrogens with one attached hydrogen (secondary N) is 3. The molecule has 0 radical (unpaired) electrons. The van der Waals surface area contributed by atoms with Crippen LogP contribution in [0.5, 0.6) is 0 Å². The predicted molar refractivity (Wildman–Crippen MR) is 135 cm³/mol. The molecule has 8 nitrogen and oxygen atoms in total. The van der Waals surface area contributed by atoms with Crippen molar-refractivity contribution in [2.24, 2.45) is 0 Å². The van der Waals surface area contributed by atoms with Crippen LogP contribution in [0.4, 0.5) is 0 Å². The van der Waals surface area contributed by atoms with Crippen molar-refractivity contribution in [2.75, 3.05) is 13.2 Å². The number of ether oxygens (including phenoxy) is 1. The number of carbonyl (C=O) groups is 2. The lowest BCUT2D eigenvalue weighted by molar-refractivity contribution is 0.0698. The summed E-state index contributed by atoms with van der Waals surface area (Å²) in [6, 6.07) is 11.2. The molecule has 0 saturated carbocycles. The third-order valence-corrected chi connectivity index (χ3v) is 7.20. The van der Waals surface area contributed by atoms with Gasteiger partial charge in [-0.3, -0.25) is 19.7 Å². The first kappa shape index (κ1) is 23.2. The van der Waals surface area contributed by atoms with Gasteiger partial charge in [-0.25, -0.2) is 0 Å². The number of pyridine rings is 1. The van der Waals surface area contributed by atoms with Crippen LogP contribution < -0.4 is 10.6 Å². The van der Waals surface area contributed by atoms with Gasteiger partial charge in [0.15, 0.2) is 0 Å². The number of fused-ring (bicyclic) bond motifs is 1. The third-order valence-electron chi connectivity index (χ3n) is 6.27. The van der Waals surface area contributed by atoms with E-state index >= 15 is 0 Å². The second-order valence-electron chi connectivity index (χ2n) is 8.64. The van der Waals surface area contributed by atoms with Crippen LogP contribution in [0, 0.1) is 0 Å². The number of rotatable bonds is 7. The molecule has 1 saturated heterocycles. The first-order valence-corrected chi connectivity index (χ1v) is 12.7.